The maximum absolute atomic E-state index is 12.5. The number of amides is 1. The van der Waals surface area contributed by atoms with Crippen molar-refractivity contribution in [1.29, 1.82) is 0 Å². The number of hydrogen-bond acceptors (Lipinski definition) is 4. The van der Waals surface area contributed by atoms with Crippen LogP contribution in [0, 0.1) is 0 Å². The van der Waals surface area contributed by atoms with E-state index in [1.54, 1.807) is 0 Å². The molecule has 1 unspecified atom stereocenters. The highest BCUT2D eigenvalue weighted by molar-refractivity contribution is 5.94. The summed E-state index contributed by atoms with van der Waals surface area (Å²) in [5.41, 5.74) is 5.31. The third kappa shape index (κ3) is 3.37. The minimum atomic E-state index is -0.0875. The number of aromatic amines is 1. The largest absolute Gasteiger partial charge is 0.366 e. The van der Waals surface area contributed by atoms with Gasteiger partial charge in [0.2, 0.25) is 0 Å². The van der Waals surface area contributed by atoms with Crippen LogP contribution >= 0.6 is 12.4 Å². The van der Waals surface area contributed by atoms with Crippen molar-refractivity contribution >= 4 is 24.0 Å². The molecule has 1 aromatic carbocycles. The summed E-state index contributed by atoms with van der Waals surface area (Å²) >= 11 is 0. The molecule has 25 heavy (non-hydrogen) atoms. The molecule has 2 aliphatic heterocycles. The number of nitrogens with one attached hydrogen (secondary N) is 3. The molecule has 2 aliphatic rings. The van der Waals surface area contributed by atoms with Crippen LogP contribution in [0.2, 0.25) is 0 Å². The summed E-state index contributed by atoms with van der Waals surface area (Å²) in [5, 5.41) is 13.6. The second-order valence-electron chi connectivity index (χ2n) is 6.59. The van der Waals surface area contributed by atoms with E-state index >= 15 is 0 Å². The van der Waals surface area contributed by atoms with Crippen molar-refractivity contribution in [3.8, 4) is 0 Å². The number of para-hydroxylation sites is 1. The summed E-state index contributed by atoms with van der Waals surface area (Å²) in [6, 6.07) is 8.76. The van der Waals surface area contributed by atoms with Crippen molar-refractivity contribution in [1.82, 2.24) is 20.8 Å². The van der Waals surface area contributed by atoms with Gasteiger partial charge in [-0.15, -0.1) is 12.4 Å². The molecule has 4 rings (SSSR count). The molecule has 0 bridgehead atoms. The van der Waals surface area contributed by atoms with Gasteiger partial charge in [-0.25, -0.2) is 0 Å². The van der Waals surface area contributed by atoms with Crippen LogP contribution in [0.25, 0.3) is 0 Å². The molecule has 0 fully saturated rings. The van der Waals surface area contributed by atoms with Crippen molar-refractivity contribution < 1.29 is 4.79 Å². The third-order valence-corrected chi connectivity index (χ3v) is 5.03. The number of aromatic nitrogens is 2. The lowest BCUT2D eigenvalue weighted by atomic mass is 10.1. The standard InChI is InChI=1S/C18H23N5O.ClH/c1-12(23-9-7-13-4-2-3-5-16(13)23)10-20-18(24)17-14-11-19-8-6-15(14)21-22-17;/h2-5,12,19H,6-11H2,1H3,(H,20,24)(H,21,22);1H. The fourth-order valence-corrected chi connectivity index (χ4v) is 3.67. The Morgan fingerprint density at radius 3 is 3.08 bits per heavy atom. The molecule has 1 aromatic heterocycles. The first-order chi connectivity index (χ1) is 11.7. The first kappa shape index (κ1) is 17.8. The second kappa shape index (κ2) is 7.45. The molecule has 3 N–H and O–H groups in total. The molecule has 0 aliphatic carbocycles. The minimum absolute atomic E-state index is 0. The fourth-order valence-electron chi connectivity index (χ4n) is 3.67. The van der Waals surface area contributed by atoms with E-state index in [4.69, 9.17) is 0 Å². The Morgan fingerprint density at radius 2 is 2.20 bits per heavy atom. The van der Waals surface area contributed by atoms with Crippen LogP contribution < -0.4 is 15.5 Å². The predicted octanol–water partition coefficient (Wildman–Crippen LogP) is 1.66. The van der Waals surface area contributed by atoms with Crippen LogP contribution in [0.1, 0.15) is 34.2 Å². The Bertz CT molecular complexity index is 760. The Hall–Kier alpha value is -2.05. The van der Waals surface area contributed by atoms with E-state index in [1.807, 2.05) is 0 Å². The van der Waals surface area contributed by atoms with Crippen molar-refractivity contribution in [2.24, 2.45) is 0 Å². The van der Waals surface area contributed by atoms with Gasteiger partial charge in [0.1, 0.15) is 0 Å². The SMILES string of the molecule is CC(CNC(=O)c1n[nH]c2c1CNCC2)N1CCc2ccccc21.Cl. The first-order valence-corrected chi connectivity index (χ1v) is 8.63. The molecular weight excluding hydrogens is 338 g/mol. The van der Waals surface area contributed by atoms with Crippen LogP contribution in [0.4, 0.5) is 5.69 Å². The van der Waals surface area contributed by atoms with Crippen molar-refractivity contribution in [3.63, 3.8) is 0 Å². The van der Waals surface area contributed by atoms with Crippen LogP contribution in [0.5, 0.6) is 0 Å². The van der Waals surface area contributed by atoms with E-state index in [0.717, 1.165) is 37.2 Å². The number of halogens is 1. The first-order valence-electron chi connectivity index (χ1n) is 8.63. The van der Waals surface area contributed by atoms with Gasteiger partial charge in [0.25, 0.3) is 5.91 Å². The molecule has 7 heteroatoms. The van der Waals surface area contributed by atoms with E-state index in [1.165, 1.54) is 11.3 Å². The normalized spacial score (nSPS) is 16.6. The maximum Gasteiger partial charge on any atom is 0.272 e. The lowest BCUT2D eigenvalue weighted by Crippen LogP contribution is -2.42. The summed E-state index contributed by atoms with van der Waals surface area (Å²) in [7, 11) is 0. The molecule has 6 nitrogen and oxygen atoms in total. The molecule has 134 valence electrons. The fraction of sp³-hybridized carbons (Fsp3) is 0.444. The van der Waals surface area contributed by atoms with Gasteiger partial charge in [-0.1, -0.05) is 18.2 Å². The number of nitrogens with zero attached hydrogens (tertiary/aromatic N) is 2. The highest BCUT2D eigenvalue weighted by atomic mass is 35.5. The highest BCUT2D eigenvalue weighted by Gasteiger charge is 2.25. The third-order valence-electron chi connectivity index (χ3n) is 5.03. The lowest BCUT2D eigenvalue weighted by molar-refractivity contribution is 0.0945. The number of hydrogen-bond donors (Lipinski definition) is 3. The van der Waals surface area contributed by atoms with Gasteiger partial charge in [-0.05, 0) is 25.0 Å². The Kier molecular flexibility index (Phi) is 5.30. The van der Waals surface area contributed by atoms with Gasteiger partial charge < -0.3 is 15.5 Å². The molecule has 0 spiro atoms. The zero-order chi connectivity index (χ0) is 16.5. The summed E-state index contributed by atoms with van der Waals surface area (Å²) in [4.78, 5) is 14.9. The number of fused-ring (bicyclic) bond motifs is 2. The quantitative estimate of drug-likeness (QED) is 0.774. The average molecular weight is 362 g/mol. The van der Waals surface area contributed by atoms with Gasteiger partial charge in [0.05, 0.1) is 0 Å². The number of carbonyl (C=O) groups excluding carboxylic acids is 1. The van der Waals surface area contributed by atoms with Gasteiger partial charge in [-0.3, -0.25) is 9.89 Å². The maximum atomic E-state index is 12.5. The van der Waals surface area contributed by atoms with Gasteiger partial charge in [0.15, 0.2) is 5.69 Å². The Balaban J connectivity index is 0.00000182. The van der Waals surface area contributed by atoms with Crippen LogP contribution in [-0.2, 0) is 19.4 Å². The van der Waals surface area contributed by atoms with Crippen LogP contribution in [-0.4, -0.2) is 41.8 Å². The monoisotopic (exact) mass is 361 g/mol. The van der Waals surface area contributed by atoms with Gasteiger partial charge in [0, 0.05) is 55.6 Å². The molecule has 0 radical (unpaired) electrons. The topological polar surface area (TPSA) is 73.0 Å². The van der Waals surface area contributed by atoms with Crippen molar-refractivity contribution in [2.45, 2.75) is 32.4 Å². The molecule has 1 atom stereocenters. The minimum Gasteiger partial charge on any atom is -0.366 e. The molecule has 1 amide bonds. The second-order valence-corrected chi connectivity index (χ2v) is 6.59. The number of H-pyrrole nitrogens is 1. The number of benzene rings is 1. The number of anilines is 1. The lowest BCUT2D eigenvalue weighted by Gasteiger charge is -2.27. The molecule has 0 saturated carbocycles. The smallest absolute Gasteiger partial charge is 0.272 e. The van der Waals surface area contributed by atoms with E-state index in [2.05, 4.69) is 56.9 Å². The average Bonchev–Trinajstić information content (AvgIpc) is 3.23. The van der Waals surface area contributed by atoms with E-state index in [0.29, 0.717) is 18.8 Å². The van der Waals surface area contributed by atoms with E-state index in [9.17, 15) is 4.79 Å². The van der Waals surface area contributed by atoms with Gasteiger partial charge >= 0.3 is 0 Å². The molecule has 0 saturated heterocycles. The summed E-state index contributed by atoms with van der Waals surface area (Å²) in [5.74, 6) is -0.0875. The summed E-state index contributed by atoms with van der Waals surface area (Å²) in [6.07, 6.45) is 1.98. The molecule has 2 aromatic rings. The summed E-state index contributed by atoms with van der Waals surface area (Å²) < 4.78 is 0. The highest BCUT2D eigenvalue weighted by Crippen LogP contribution is 2.28. The number of rotatable bonds is 4. The predicted molar refractivity (Wildman–Crippen MR) is 101 cm³/mol. The Labute approximate surface area is 153 Å². The zero-order valence-electron chi connectivity index (χ0n) is 14.3. The van der Waals surface area contributed by atoms with E-state index in [-0.39, 0.29) is 24.4 Å². The Morgan fingerprint density at radius 1 is 1.36 bits per heavy atom. The van der Waals surface area contributed by atoms with Crippen molar-refractivity contribution in [2.75, 3.05) is 24.5 Å². The van der Waals surface area contributed by atoms with Crippen molar-refractivity contribution in [3.05, 3.63) is 46.8 Å². The number of carbonyl (C=O) groups is 1. The summed E-state index contributed by atoms with van der Waals surface area (Å²) in [6.45, 7) is 5.43. The molecule has 3 heterocycles. The zero-order valence-corrected chi connectivity index (χ0v) is 15.2. The van der Waals surface area contributed by atoms with Crippen LogP contribution in [0.3, 0.4) is 0 Å². The molecular formula is C18H24ClN5O. The van der Waals surface area contributed by atoms with E-state index < -0.39 is 0 Å². The van der Waals surface area contributed by atoms with Gasteiger partial charge in [-0.2, -0.15) is 5.10 Å². The van der Waals surface area contributed by atoms with Crippen LogP contribution in [0.15, 0.2) is 24.3 Å².